The summed E-state index contributed by atoms with van der Waals surface area (Å²) in [5, 5.41) is 10.5. The number of aromatic nitrogens is 1. The van der Waals surface area contributed by atoms with Crippen molar-refractivity contribution in [3.8, 4) is 5.69 Å². The van der Waals surface area contributed by atoms with E-state index in [-0.39, 0.29) is 16.8 Å². The first-order valence-corrected chi connectivity index (χ1v) is 4.80. The molecule has 1 aromatic carbocycles. The van der Waals surface area contributed by atoms with E-state index in [4.69, 9.17) is 5.73 Å². The Morgan fingerprint density at radius 1 is 1.18 bits per heavy atom. The summed E-state index contributed by atoms with van der Waals surface area (Å²) in [6, 6.07) is 6.97. The fourth-order valence-corrected chi connectivity index (χ4v) is 1.46. The lowest BCUT2D eigenvalue weighted by molar-refractivity contribution is -0.384. The van der Waals surface area contributed by atoms with Crippen LogP contribution in [0.25, 0.3) is 5.69 Å². The third kappa shape index (κ3) is 2.15. The molecule has 0 aliphatic carbocycles. The number of rotatable bonds is 2. The van der Waals surface area contributed by atoms with E-state index in [0.717, 1.165) is 0 Å². The van der Waals surface area contributed by atoms with Crippen LogP contribution in [-0.4, -0.2) is 9.49 Å². The van der Waals surface area contributed by atoms with Crippen LogP contribution in [0.2, 0.25) is 0 Å². The summed E-state index contributed by atoms with van der Waals surface area (Å²) in [6.07, 6.45) is 3.11. The second kappa shape index (κ2) is 4.09. The van der Waals surface area contributed by atoms with Gasteiger partial charge in [-0.2, -0.15) is 0 Å². The molecule has 86 valence electrons. The predicted molar refractivity (Wildman–Crippen MR) is 63.1 cm³/mol. The van der Waals surface area contributed by atoms with Crippen LogP contribution < -0.4 is 11.2 Å². The molecule has 0 atom stereocenters. The van der Waals surface area contributed by atoms with Crippen molar-refractivity contribution in [2.45, 2.75) is 0 Å². The number of nitro groups is 1. The number of benzene rings is 1. The van der Waals surface area contributed by atoms with E-state index >= 15 is 0 Å². The van der Waals surface area contributed by atoms with Gasteiger partial charge in [0, 0.05) is 36.7 Å². The molecule has 0 spiro atoms. The molecule has 2 rings (SSSR count). The normalized spacial score (nSPS) is 10.1. The molecule has 6 nitrogen and oxygen atoms in total. The zero-order valence-corrected chi connectivity index (χ0v) is 8.74. The number of nitrogens with two attached hydrogens (primary N) is 1. The quantitative estimate of drug-likeness (QED) is 0.479. The Labute approximate surface area is 96.1 Å². The van der Waals surface area contributed by atoms with Gasteiger partial charge in [0.05, 0.1) is 16.3 Å². The number of anilines is 1. The molecule has 1 aromatic heterocycles. The van der Waals surface area contributed by atoms with Crippen LogP contribution in [0.3, 0.4) is 0 Å². The van der Waals surface area contributed by atoms with E-state index in [9.17, 15) is 14.9 Å². The van der Waals surface area contributed by atoms with Crippen molar-refractivity contribution in [2.24, 2.45) is 0 Å². The van der Waals surface area contributed by atoms with E-state index < -0.39 is 4.92 Å². The second-order valence-electron chi connectivity index (χ2n) is 3.44. The lowest BCUT2D eigenvalue weighted by Gasteiger charge is -2.08. The van der Waals surface area contributed by atoms with Crippen molar-refractivity contribution >= 4 is 11.4 Å². The minimum absolute atomic E-state index is 0.0627. The van der Waals surface area contributed by atoms with Crippen molar-refractivity contribution < 1.29 is 4.92 Å². The first kappa shape index (κ1) is 10.9. The Morgan fingerprint density at radius 3 is 2.35 bits per heavy atom. The molecule has 6 heteroatoms. The van der Waals surface area contributed by atoms with E-state index in [1.54, 1.807) is 17.0 Å². The maximum atomic E-state index is 10.9. The topological polar surface area (TPSA) is 91.2 Å². The summed E-state index contributed by atoms with van der Waals surface area (Å²) in [5.41, 5.74) is 6.43. The molecule has 0 aliphatic rings. The third-order valence-electron chi connectivity index (χ3n) is 2.30. The van der Waals surface area contributed by atoms with E-state index in [0.29, 0.717) is 5.69 Å². The van der Waals surface area contributed by atoms with Gasteiger partial charge in [-0.1, -0.05) is 0 Å². The van der Waals surface area contributed by atoms with Gasteiger partial charge in [0.2, 0.25) is 0 Å². The second-order valence-corrected chi connectivity index (χ2v) is 3.44. The van der Waals surface area contributed by atoms with Gasteiger partial charge in [-0.15, -0.1) is 0 Å². The minimum Gasteiger partial charge on any atom is -0.397 e. The molecule has 0 aliphatic heterocycles. The molecule has 2 N–H and O–H groups in total. The van der Waals surface area contributed by atoms with Crippen molar-refractivity contribution in [2.75, 3.05) is 5.73 Å². The van der Waals surface area contributed by atoms with Crippen LogP contribution in [0.5, 0.6) is 0 Å². The van der Waals surface area contributed by atoms with Gasteiger partial charge in [0.15, 0.2) is 5.43 Å². The van der Waals surface area contributed by atoms with Gasteiger partial charge in [0.1, 0.15) is 0 Å². The Bertz CT molecular complexity index is 614. The maximum absolute atomic E-state index is 10.9. The highest BCUT2D eigenvalue weighted by Crippen LogP contribution is 2.22. The van der Waals surface area contributed by atoms with Gasteiger partial charge in [-0.05, 0) is 6.07 Å². The molecular weight excluding hydrogens is 222 g/mol. The fourth-order valence-electron chi connectivity index (χ4n) is 1.46. The predicted octanol–water partition coefficient (Wildman–Crippen LogP) is 1.33. The minimum atomic E-state index is -0.508. The van der Waals surface area contributed by atoms with Crippen LogP contribution in [0, 0.1) is 10.1 Å². The number of nitrogen functional groups attached to an aromatic ring is 1. The average Bonchev–Trinajstić information content (AvgIpc) is 2.30. The number of non-ortho nitro benzene ring substituents is 1. The standard InChI is InChI=1S/C11H9N3O3/c12-10-7-8(14(16)17)1-2-11(10)13-5-3-9(15)4-6-13/h1-7H,12H2. The van der Waals surface area contributed by atoms with Gasteiger partial charge in [-0.25, -0.2) is 0 Å². The van der Waals surface area contributed by atoms with Gasteiger partial charge in [-0.3, -0.25) is 14.9 Å². The Morgan fingerprint density at radius 2 is 1.82 bits per heavy atom. The van der Waals surface area contributed by atoms with Gasteiger partial charge >= 0.3 is 0 Å². The summed E-state index contributed by atoms with van der Waals surface area (Å²) in [4.78, 5) is 21.0. The number of nitro benzene ring substituents is 1. The molecule has 0 radical (unpaired) electrons. The molecule has 0 saturated heterocycles. The van der Waals surface area contributed by atoms with Crippen molar-refractivity contribution in [1.82, 2.24) is 4.57 Å². The summed E-state index contributed by atoms with van der Waals surface area (Å²) in [7, 11) is 0. The summed E-state index contributed by atoms with van der Waals surface area (Å²) < 4.78 is 1.63. The largest absolute Gasteiger partial charge is 0.397 e. The monoisotopic (exact) mass is 231 g/mol. The lowest BCUT2D eigenvalue weighted by Crippen LogP contribution is -2.04. The molecule has 0 fully saturated rings. The van der Waals surface area contributed by atoms with Crippen LogP contribution in [0.15, 0.2) is 47.5 Å². The first-order valence-electron chi connectivity index (χ1n) is 4.80. The van der Waals surface area contributed by atoms with Crippen LogP contribution >= 0.6 is 0 Å². The van der Waals surface area contributed by atoms with Crippen molar-refractivity contribution in [3.63, 3.8) is 0 Å². The number of hydrogen-bond acceptors (Lipinski definition) is 4. The molecule has 0 bridgehead atoms. The summed E-state index contributed by atoms with van der Waals surface area (Å²) in [6.45, 7) is 0. The maximum Gasteiger partial charge on any atom is 0.271 e. The SMILES string of the molecule is Nc1cc([N+](=O)[O-])ccc1-n1ccc(=O)cc1. The Hall–Kier alpha value is -2.63. The van der Waals surface area contributed by atoms with Crippen LogP contribution in [-0.2, 0) is 0 Å². The highest BCUT2D eigenvalue weighted by molar-refractivity contribution is 5.62. The molecular formula is C11H9N3O3. The van der Waals surface area contributed by atoms with E-state index in [2.05, 4.69) is 0 Å². The molecule has 0 saturated carbocycles. The highest BCUT2D eigenvalue weighted by Gasteiger charge is 2.08. The summed E-state index contributed by atoms with van der Waals surface area (Å²) >= 11 is 0. The molecule has 2 aromatic rings. The van der Waals surface area contributed by atoms with E-state index in [1.807, 2.05) is 0 Å². The van der Waals surface area contributed by atoms with Crippen LogP contribution in [0.4, 0.5) is 11.4 Å². The Balaban J connectivity index is 2.50. The number of pyridine rings is 1. The number of hydrogen-bond donors (Lipinski definition) is 1. The fraction of sp³-hybridized carbons (Fsp3) is 0. The number of nitrogens with zero attached hydrogens (tertiary/aromatic N) is 2. The zero-order chi connectivity index (χ0) is 12.4. The van der Waals surface area contributed by atoms with Crippen LogP contribution in [0.1, 0.15) is 0 Å². The Kier molecular flexibility index (Phi) is 2.61. The first-order chi connectivity index (χ1) is 8.08. The molecule has 1 heterocycles. The lowest BCUT2D eigenvalue weighted by atomic mass is 10.2. The average molecular weight is 231 g/mol. The smallest absolute Gasteiger partial charge is 0.271 e. The third-order valence-corrected chi connectivity index (χ3v) is 2.30. The highest BCUT2D eigenvalue weighted by atomic mass is 16.6. The summed E-state index contributed by atoms with van der Waals surface area (Å²) in [5.74, 6) is 0. The van der Waals surface area contributed by atoms with Gasteiger partial charge < -0.3 is 10.3 Å². The zero-order valence-electron chi connectivity index (χ0n) is 8.74. The van der Waals surface area contributed by atoms with Crippen molar-refractivity contribution in [1.29, 1.82) is 0 Å². The molecule has 0 unspecified atom stereocenters. The van der Waals surface area contributed by atoms with E-state index in [1.165, 1.54) is 30.3 Å². The molecule has 17 heavy (non-hydrogen) atoms. The van der Waals surface area contributed by atoms with Gasteiger partial charge in [0.25, 0.3) is 5.69 Å². The molecule has 0 amide bonds. The van der Waals surface area contributed by atoms with Crippen molar-refractivity contribution in [3.05, 3.63) is 63.1 Å².